The molecule has 138 valence electrons. The van der Waals surface area contributed by atoms with Crippen LogP contribution < -0.4 is 4.90 Å². The number of aromatic nitrogens is 2. The molecule has 0 aliphatic carbocycles. The van der Waals surface area contributed by atoms with Crippen LogP contribution >= 0.6 is 0 Å². The zero-order valence-electron chi connectivity index (χ0n) is 15.4. The minimum Gasteiger partial charge on any atom is -0.459 e. The van der Waals surface area contributed by atoms with Gasteiger partial charge in [-0.25, -0.2) is 9.97 Å². The fourth-order valence-electron chi connectivity index (χ4n) is 3.58. The Morgan fingerprint density at radius 1 is 1.36 bits per heavy atom. The number of nitrogens with zero attached hydrogens (tertiary/aromatic N) is 4. The first-order chi connectivity index (χ1) is 12.1. The Labute approximate surface area is 149 Å². The number of anilines is 1. The number of carbonyl (C=O) groups is 1. The number of carbonyl (C=O) groups excluding carboxylic acids is 1. The van der Waals surface area contributed by atoms with Crippen molar-refractivity contribution in [2.75, 3.05) is 44.3 Å². The maximum absolute atomic E-state index is 12.6. The normalized spacial score (nSPS) is 25.0. The van der Waals surface area contributed by atoms with Crippen LogP contribution in [0.2, 0.25) is 0 Å². The van der Waals surface area contributed by atoms with E-state index in [0.29, 0.717) is 19.8 Å². The summed E-state index contributed by atoms with van der Waals surface area (Å²) in [5, 5.41) is 0. The molecule has 2 saturated heterocycles. The number of aryl methyl sites for hydroxylation is 2. The summed E-state index contributed by atoms with van der Waals surface area (Å²) in [5.74, 6) is 1.53. The van der Waals surface area contributed by atoms with Crippen molar-refractivity contribution >= 4 is 11.8 Å². The topological polar surface area (TPSA) is 67.8 Å². The van der Waals surface area contributed by atoms with Crippen molar-refractivity contribution < 1.29 is 14.3 Å². The summed E-state index contributed by atoms with van der Waals surface area (Å²) in [5.41, 5.74) is 0.958. The number of likely N-dealkylation sites (N-methyl/N-ethyl adjacent to an activating group) is 1. The van der Waals surface area contributed by atoms with Crippen molar-refractivity contribution in [2.24, 2.45) is 0 Å². The summed E-state index contributed by atoms with van der Waals surface area (Å²) in [7, 11) is 0. The lowest BCUT2D eigenvalue weighted by Crippen LogP contribution is -2.52. The standard InChI is InChI=1S/C18H28N4O3/c1-4-21-8-9-24-12-16(21)18(23)25-15-6-5-7-22(11-15)17-10-13(2)19-14(3)20-17/h10,15-16H,4-9,11-12H2,1-3H3/t15-,16+/m1/s1. The highest BCUT2D eigenvalue weighted by atomic mass is 16.6. The summed E-state index contributed by atoms with van der Waals surface area (Å²) in [4.78, 5) is 25.8. The van der Waals surface area contributed by atoms with Gasteiger partial charge < -0.3 is 14.4 Å². The Bertz CT molecular complexity index is 590. The summed E-state index contributed by atoms with van der Waals surface area (Å²) < 4.78 is 11.3. The van der Waals surface area contributed by atoms with Crippen LogP contribution in [0.5, 0.6) is 0 Å². The Morgan fingerprint density at radius 2 is 2.20 bits per heavy atom. The van der Waals surface area contributed by atoms with Gasteiger partial charge in [0.25, 0.3) is 0 Å². The zero-order valence-corrected chi connectivity index (χ0v) is 15.4. The van der Waals surface area contributed by atoms with Gasteiger partial charge in [0.05, 0.1) is 19.8 Å². The van der Waals surface area contributed by atoms with E-state index in [4.69, 9.17) is 9.47 Å². The molecule has 0 unspecified atom stereocenters. The molecule has 2 atom stereocenters. The van der Waals surface area contributed by atoms with Crippen molar-refractivity contribution in [3.63, 3.8) is 0 Å². The van der Waals surface area contributed by atoms with Crippen molar-refractivity contribution in [1.29, 1.82) is 0 Å². The van der Waals surface area contributed by atoms with E-state index in [1.165, 1.54) is 0 Å². The molecule has 0 N–H and O–H groups in total. The molecule has 2 aliphatic heterocycles. The second kappa shape index (κ2) is 8.10. The van der Waals surface area contributed by atoms with Crippen LogP contribution in [0.1, 0.15) is 31.3 Å². The van der Waals surface area contributed by atoms with Crippen LogP contribution in [0.4, 0.5) is 5.82 Å². The lowest BCUT2D eigenvalue weighted by Gasteiger charge is -2.36. The fraction of sp³-hybridized carbons (Fsp3) is 0.722. The van der Waals surface area contributed by atoms with Crippen LogP contribution in [0.3, 0.4) is 0 Å². The molecule has 2 aliphatic rings. The van der Waals surface area contributed by atoms with Crippen LogP contribution in [-0.2, 0) is 14.3 Å². The molecule has 3 heterocycles. The summed E-state index contributed by atoms with van der Waals surface area (Å²) >= 11 is 0. The van der Waals surface area contributed by atoms with Gasteiger partial charge in [0.1, 0.15) is 23.8 Å². The average Bonchev–Trinajstić information content (AvgIpc) is 2.61. The van der Waals surface area contributed by atoms with Gasteiger partial charge in [0.15, 0.2) is 0 Å². The van der Waals surface area contributed by atoms with Crippen LogP contribution in [0.25, 0.3) is 0 Å². The maximum atomic E-state index is 12.6. The molecular formula is C18H28N4O3. The minimum atomic E-state index is -0.280. The number of morpholine rings is 1. The molecule has 0 radical (unpaired) electrons. The second-order valence-electron chi connectivity index (χ2n) is 6.78. The number of esters is 1. The minimum absolute atomic E-state index is 0.0996. The number of rotatable bonds is 4. The van der Waals surface area contributed by atoms with Gasteiger partial charge in [0.2, 0.25) is 0 Å². The van der Waals surface area contributed by atoms with Crippen molar-refractivity contribution in [1.82, 2.24) is 14.9 Å². The predicted octanol–water partition coefficient (Wildman–Crippen LogP) is 1.33. The summed E-state index contributed by atoms with van der Waals surface area (Å²) in [6.45, 7) is 10.3. The van der Waals surface area contributed by atoms with Crippen LogP contribution in [0, 0.1) is 13.8 Å². The van der Waals surface area contributed by atoms with Gasteiger partial charge in [-0.2, -0.15) is 0 Å². The van der Waals surface area contributed by atoms with Gasteiger partial charge in [-0.3, -0.25) is 9.69 Å². The Balaban J connectivity index is 1.62. The number of piperidine rings is 1. The molecule has 3 rings (SSSR count). The average molecular weight is 348 g/mol. The molecule has 7 nitrogen and oxygen atoms in total. The lowest BCUT2D eigenvalue weighted by molar-refractivity contribution is -0.161. The monoisotopic (exact) mass is 348 g/mol. The van der Waals surface area contributed by atoms with E-state index in [0.717, 1.165) is 49.8 Å². The van der Waals surface area contributed by atoms with Crippen molar-refractivity contribution in [2.45, 2.75) is 45.8 Å². The van der Waals surface area contributed by atoms with Crippen molar-refractivity contribution in [3.8, 4) is 0 Å². The molecule has 0 aromatic carbocycles. The number of hydrogen-bond donors (Lipinski definition) is 0. The zero-order chi connectivity index (χ0) is 17.8. The molecule has 25 heavy (non-hydrogen) atoms. The Hall–Kier alpha value is -1.73. The van der Waals surface area contributed by atoms with Crippen LogP contribution in [0.15, 0.2) is 6.07 Å². The summed E-state index contributed by atoms with van der Waals surface area (Å²) in [6, 6.07) is 1.71. The third-order valence-electron chi connectivity index (χ3n) is 4.86. The van der Waals surface area contributed by atoms with Gasteiger partial charge >= 0.3 is 5.97 Å². The molecule has 7 heteroatoms. The number of hydrogen-bond acceptors (Lipinski definition) is 7. The van der Waals surface area contributed by atoms with E-state index < -0.39 is 0 Å². The molecule has 0 amide bonds. The quantitative estimate of drug-likeness (QED) is 0.760. The third-order valence-corrected chi connectivity index (χ3v) is 4.86. The highest BCUT2D eigenvalue weighted by Crippen LogP contribution is 2.21. The second-order valence-corrected chi connectivity index (χ2v) is 6.78. The maximum Gasteiger partial charge on any atom is 0.326 e. The Kier molecular flexibility index (Phi) is 5.86. The smallest absolute Gasteiger partial charge is 0.326 e. The molecule has 0 bridgehead atoms. The molecular weight excluding hydrogens is 320 g/mol. The van der Waals surface area contributed by atoms with Gasteiger partial charge in [0, 0.05) is 24.8 Å². The Morgan fingerprint density at radius 3 is 2.96 bits per heavy atom. The van der Waals surface area contributed by atoms with Crippen molar-refractivity contribution in [3.05, 3.63) is 17.6 Å². The summed E-state index contributed by atoms with van der Waals surface area (Å²) in [6.07, 6.45) is 1.78. The fourth-order valence-corrected chi connectivity index (χ4v) is 3.58. The first-order valence-electron chi connectivity index (χ1n) is 9.16. The lowest BCUT2D eigenvalue weighted by atomic mass is 10.1. The first-order valence-corrected chi connectivity index (χ1v) is 9.16. The largest absolute Gasteiger partial charge is 0.459 e. The highest BCUT2D eigenvalue weighted by Gasteiger charge is 2.32. The molecule has 2 fully saturated rings. The third kappa shape index (κ3) is 4.46. The van der Waals surface area contributed by atoms with Gasteiger partial charge in [-0.15, -0.1) is 0 Å². The van der Waals surface area contributed by atoms with E-state index in [9.17, 15) is 4.79 Å². The molecule has 1 aromatic heterocycles. The molecule has 0 saturated carbocycles. The first kappa shape index (κ1) is 18.1. The van der Waals surface area contributed by atoms with Gasteiger partial charge in [-0.05, 0) is 33.2 Å². The van der Waals surface area contributed by atoms with E-state index in [-0.39, 0.29) is 18.1 Å². The van der Waals surface area contributed by atoms with E-state index in [2.05, 4.69) is 26.7 Å². The number of ether oxygens (including phenoxy) is 2. The predicted molar refractivity (Wildman–Crippen MR) is 94.7 cm³/mol. The SMILES string of the molecule is CCN1CCOC[C@H]1C(=O)O[C@@H]1CCCN(c2cc(C)nc(C)n2)C1. The van der Waals surface area contributed by atoms with Gasteiger partial charge in [-0.1, -0.05) is 6.92 Å². The van der Waals surface area contributed by atoms with Crippen LogP contribution in [-0.4, -0.2) is 72.4 Å². The molecule has 0 spiro atoms. The molecule has 1 aromatic rings. The highest BCUT2D eigenvalue weighted by molar-refractivity contribution is 5.76. The van der Waals surface area contributed by atoms with E-state index in [1.54, 1.807) is 0 Å². The van der Waals surface area contributed by atoms with E-state index >= 15 is 0 Å². The van der Waals surface area contributed by atoms with E-state index in [1.807, 2.05) is 19.9 Å².